The van der Waals surface area contributed by atoms with Gasteiger partial charge in [-0.1, -0.05) is 39.1 Å². The van der Waals surface area contributed by atoms with Gasteiger partial charge in [0, 0.05) is 46.3 Å². The van der Waals surface area contributed by atoms with E-state index in [-0.39, 0.29) is 5.91 Å². The molecular weight excluding hydrogens is 415 g/mol. The van der Waals surface area contributed by atoms with Crippen molar-refractivity contribution in [3.8, 4) is 11.1 Å². The van der Waals surface area contributed by atoms with Crippen LogP contribution < -0.4 is 5.73 Å². The predicted molar refractivity (Wildman–Crippen MR) is 100 cm³/mol. The standard InChI is InChI=1S/C14H10BrCl2N3.C2H5NO/c15-8-4-9(16)13(17)14-12(8)11(7-5-18-19-6-7)10-2-1-3-20(10)14;1-2(3)4/h4-6H,1-3H2,(H,18,19);1H3,(H2,3,4). The number of nitrogens with two attached hydrogens (primary N) is 1. The quantitative estimate of drug-likeness (QED) is 0.557. The van der Waals surface area contributed by atoms with Crippen molar-refractivity contribution in [2.24, 2.45) is 5.73 Å². The molecular formula is C16H15BrCl2N4O. The Balaban J connectivity index is 0.000000383. The molecule has 0 saturated heterocycles. The monoisotopic (exact) mass is 428 g/mol. The molecule has 0 spiro atoms. The summed E-state index contributed by atoms with van der Waals surface area (Å²) in [6.07, 6.45) is 5.96. The maximum atomic E-state index is 9.22. The number of benzene rings is 1. The van der Waals surface area contributed by atoms with E-state index in [1.807, 2.05) is 18.5 Å². The number of rotatable bonds is 1. The molecule has 1 aliphatic rings. The molecule has 5 nitrogen and oxygen atoms in total. The van der Waals surface area contributed by atoms with Crippen molar-refractivity contribution in [1.29, 1.82) is 0 Å². The highest BCUT2D eigenvalue weighted by Crippen LogP contribution is 2.46. The minimum absolute atomic E-state index is 0.333. The summed E-state index contributed by atoms with van der Waals surface area (Å²) in [5.74, 6) is -0.333. The lowest BCUT2D eigenvalue weighted by molar-refractivity contribution is -0.115. The molecule has 0 atom stereocenters. The zero-order valence-electron chi connectivity index (χ0n) is 12.9. The Morgan fingerprint density at radius 1 is 1.46 bits per heavy atom. The molecule has 1 aliphatic heterocycles. The smallest absolute Gasteiger partial charge is 0.214 e. The summed E-state index contributed by atoms with van der Waals surface area (Å²) >= 11 is 16.3. The Labute approximate surface area is 157 Å². The Morgan fingerprint density at radius 2 is 2.17 bits per heavy atom. The van der Waals surface area contributed by atoms with Crippen molar-refractivity contribution in [1.82, 2.24) is 14.8 Å². The lowest BCUT2D eigenvalue weighted by atomic mass is 10.0. The van der Waals surface area contributed by atoms with E-state index < -0.39 is 0 Å². The fraction of sp³-hybridized carbons (Fsp3) is 0.250. The van der Waals surface area contributed by atoms with Gasteiger partial charge in [0.15, 0.2) is 0 Å². The molecule has 3 aromatic rings. The maximum absolute atomic E-state index is 9.22. The molecule has 0 saturated carbocycles. The first-order chi connectivity index (χ1) is 11.4. The lowest BCUT2D eigenvalue weighted by Gasteiger charge is -2.06. The number of carbonyl (C=O) groups excluding carboxylic acids is 1. The van der Waals surface area contributed by atoms with E-state index >= 15 is 0 Å². The maximum Gasteiger partial charge on any atom is 0.214 e. The summed E-state index contributed by atoms with van der Waals surface area (Å²) in [5, 5.41) is 9.29. The molecule has 4 rings (SSSR count). The highest BCUT2D eigenvalue weighted by molar-refractivity contribution is 9.10. The number of nitrogens with one attached hydrogen (secondary N) is 1. The van der Waals surface area contributed by atoms with Gasteiger partial charge in [0.1, 0.15) is 0 Å². The van der Waals surface area contributed by atoms with Crippen molar-refractivity contribution in [2.45, 2.75) is 26.3 Å². The van der Waals surface area contributed by atoms with E-state index in [0.29, 0.717) is 10.0 Å². The van der Waals surface area contributed by atoms with Crippen LogP contribution in [0.15, 0.2) is 22.9 Å². The lowest BCUT2D eigenvalue weighted by Crippen LogP contribution is -2.01. The molecule has 0 radical (unpaired) electrons. The Hall–Kier alpha value is -1.50. The molecule has 1 aromatic carbocycles. The highest BCUT2D eigenvalue weighted by Gasteiger charge is 2.26. The van der Waals surface area contributed by atoms with E-state index in [9.17, 15) is 4.79 Å². The largest absolute Gasteiger partial charge is 0.370 e. The zero-order chi connectivity index (χ0) is 17.4. The van der Waals surface area contributed by atoms with Gasteiger partial charge in [-0.25, -0.2) is 0 Å². The summed E-state index contributed by atoms with van der Waals surface area (Å²) in [5.41, 5.74) is 9.10. The number of primary amides is 1. The van der Waals surface area contributed by atoms with Gasteiger partial charge < -0.3 is 10.3 Å². The van der Waals surface area contributed by atoms with Gasteiger partial charge in [-0.2, -0.15) is 5.10 Å². The van der Waals surface area contributed by atoms with Gasteiger partial charge in [-0.15, -0.1) is 0 Å². The molecule has 1 amide bonds. The number of aromatic nitrogens is 3. The van der Waals surface area contributed by atoms with Crippen molar-refractivity contribution in [2.75, 3.05) is 0 Å². The number of hydrogen-bond donors (Lipinski definition) is 2. The number of halogens is 3. The van der Waals surface area contributed by atoms with Crippen LogP contribution in [0.4, 0.5) is 0 Å². The average molecular weight is 430 g/mol. The summed E-state index contributed by atoms with van der Waals surface area (Å²) in [7, 11) is 0. The number of aromatic amines is 1. The van der Waals surface area contributed by atoms with E-state index in [1.165, 1.54) is 18.2 Å². The number of aryl methyl sites for hydroxylation is 1. The molecule has 3 heterocycles. The summed E-state index contributed by atoms with van der Waals surface area (Å²) < 4.78 is 3.26. The third kappa shape index (κ3) is 2.94. The number of carbonyl (C=O) groups is 1. The highest BCUT2D eigenvalue weighted by atomic mass is 79.9. The molecule has 0 fully saturated rings. The van der Waals surface area contributed by atoms with Crippen LogP contribution in [0, 0.1) is 0 Å². The van der Waals surface area contributed by atoms with Crippen LogP contribution in [-0.4, -0.2) is 20.7 Å². The second-order valence-corrected chi connectivity index (χ2v) is 7.19. The summed E-state index contributed by atoms with van der Waals surface area (Å²) in [6, 6.07) is 1.87. The summed E-state index contributed by atoms with van der Waals surface area (Å²) in [4.78, 5) is 9.22. The Bertz CT molecular complexity index is 914. The van der Waals surface area contributed by atoms with Gasteiger partial charge in [0.2, 0.25) is 5.91 Å². The fourth-order valence-corrected chi connectivity index (χ4v) is 4.29. The van der Waals surface area contributed by atoms with Gasteiger partial charge >= 0.3 is 0 Å². The molecule has 24 heavy (non-hydrogen) atoms. The van der Waals surface area contributed by atoms with E-state index in [2.05, 4.69) is 36.4 Å². The number of hydrogen-bond acceptors (Lipinski definition) is 2. The van der Waals surface area contributed by atoms with Crippen LogP contribution in [0.1, 0.15) is 19.0 Å². The van der Waals surface area contributed by atoms with Gasteiger partial charge in [0.25, 0.3) is 0 Å². The number of fused-ring (bicyclic) bond motifs is 3. The van der Waals surface area contributed by atoms with Crippen molar-refractivity contribution in [3.05, 3.63) is 38.7 Å². The van der Waals surface area contributed by atoms with Gasteiger partial charge in [-0.3, -0.25) is 9.89 Å². The number of H-pyrrole nitrogens is 1. The molecule has 2 aromatic heterocycles. The minimum atomic E-state index is -0.333. The fourth-order valence-electron chi connectivity index (χ4n) is 3.10. The topological polar surface area (TPSA) is 76.7 Å². The number of amides is 1. The Kier molecular flexibility index (Phi) is 4.90. The first-order valence-corrected chi connectivity index (χ1v) is 8.90. The minimum Gasteiger partial charge on any atom is -0.370 e. The number of nitrogens with zero attached hydrogens (tertiary/aromatic N) is 2. The SMILES string of the molecule is CC(N)=O.Clc1cc(Br)c2c(-c3cn[nH]c3)c3n(c2c1Cl)CCC3. The molecule has 0 bridgehead atoms. The van der Waals surface area contributed by atoms with Gasteiger partial charge in [0.05, 0.1) is 21.8 Å². The van der Waals surface area contributed by atoms with Crippen molar-refractivity contribution >= 4 is 55.9 Å². The van der Waals surface area contributed by atoms with Crippen LogP contribution in [-0.2, 0) is 17.8 Å². The molecule has 126 valence electrons. The third-order valence-electron chi connectivity index (χ3n) is 3.86. The Morgan fingerprint density at radius 3 is 2.79 bits per heavy atom. The van der Waals surface area contributed by atoms with Crippen LogP contribution in [0.25, 0.3) is 22.0 Å². The molecule has 0 aliphatic carbocycles. The van der Waals surface area contributed by atoms with Crippen LogP contribution in [0.3, 0.4) is 0 Å². The second-order valence-electron chi connectivity index (χ2n) is 5.55. The first kappa shape index (κ1) is 17.3. The third-order valence-corrected chi connectivity index (χ3v) is 5.27. The summed E-state index contributed by atoms with van der Waals surface area (Å²) in [6.45, 7) is 2.29. The van der Waals surface area contributed by atoms with E-state index in [4.69, 9.17) is 23.2 Å². The van der Waals surface area contributed by atoms with Crippen LogP contribution in [0.5, 0.6) is 0 Å². The molecule has 8 heteroatoms. The van der Waals surface area contributed by atoms with Crippen molar-refractivity contribution in [3.63, 3.8) is 0 Å². The van der Waals surface area contributed by atoms with Crippen LogP contribution >= 0.6 is 39.1 Å². The molecule has 3 N–H and O–H groups in total. The first-order valence-electron chi connectivity index (χ1n) is 7.35. The van der Waals surface area contributed by atoms with Gasteiger partial charge in [-0.05, 0) is 18.9 Å². The van der Waals surface area contributed by atoms with Crippen molar-refractivity contribution < 1.29 is 4.79 Å². The average Bonchev–Trinajstić information content (AvgIpc) is 3.20. The van der Waals surface area contributed by atoms with Crippen LogP contribution in [0.2, 0.25) is 10.0 Å². The molecule has 0 unspecified atom stereocenters. The second kappa shape index (κ2) is 6.78. The zero-order valence-corrected chi connectivity index (χ0v) is 16.0. The predicted octanol–water partition coefficient (Wildman–Crippen LogP) is 4.54. The van der Waals surface area contributed by atoms with E-state index in [1.54, 1.807) is 0 Å². The van der Waals surface area contributed by atoms with E-state index in [0.717, 1.165) is 40.3 Å². The normalized spacial score (nSPS) is 12.8.